The van der Waals surface area contributed by atoms with Gasteiger partial charge in [0.1, 0.15) is 0 Å². The number of nitrogens with one attached hydrogen (secondary N) is 1. The fraction of sp³-hybridized carbons (Fsp3) is 1.00. The molecule has 42 valence electrons. The van der Waals surface area contributed by atoms with Crippen LogP contribution in [0, 0.1) is 0 Å². The van der Waals surface area contributed by atoms with Crippen LogP contribution in [0.3, 0.4) is 0 Å². The molecule has 2 N–H and O–H groups in total. The molecule has 0 bridgehead atoms. The van der Waals surface area contributed by atoms with E-state index in [-0.39, 0.29) is 12.1 Å². The monoisotopic (exact) mass is 101 g/mol. The van der Waals surface area contributed by atoms with Crippen molar-refractivity contribution in [3.05, 3.63) is 0 Å². The first-order valence-corrected chi connectivity index (χ1v) is 2.63. The minimum atomic E-state index is 0.0694. The van der Waals surface area contributed by atoms with Gasteiger partial charge >= 0.3 is 0 Å². The molecule has 0 radical (unpaired) electrons. The number of hydrogen-bond acceptors (Lipinski definition) is 2. The van der Waals surface area contributed by atoms with Crippen molar-refractivity contribution in [3.63, 3.8) is 0 Å². The molecule has 0 aromatic carbocycles. The highest BCUT2D eigenvalue weighted by atomic mass is 16.3. The minimum Gasteiger partial charge on any atom is -0.394 e. The number of rotatable bonds is 1. The Morgan fingerprint density at radius 2 is 2.43 bits per heavy atom. The van der Waals surface area contributed by atoms with Gasteiger partial charge in [-0.25, -0.2) is 0 Å². The summed E-state index contributed by atoms with van der Waals surface area (Å²) < 4.78 is 0. The summed E-state index contributed by atoms with van der Waals surface area (Å²) in [5.74, 6) is 0. The maximum Gasteiger partial charge on any atom is 0.0611 e. The second-order valence-corrected chi connectivity index (χ2v) is 2.40. The molecule has 1 atom stereocenters. The molecule has 0 saturated carbocycles. The van der Waals surface area contributed by atoms with Crippen molar-refractivity contribution < 1.29 is 5.11 Å². The van der Waals surface area contributed by atoms with Crippen LogP contribution < -0.4 is 5.32 Å². The molecule has 1 aliphatic rings. The van der Waals surface area contributed by atoms with Gasteiger partial charge in [0.15, 0.2) is 0 Å². The molecule has 1 rings (SSSR count). The normalized spacial score (nSPS) is 40.3. The van der Waals surface area contributed by atoms with E-state index in [1.807, 2.05) is 6.92 Å². The first kappa shape index (κ1) is 5.06. The van der Waals surface area contributed by atoms with Crippen LogP contribution in [0.4, 0.5) is 0 Å². The van der Waals surface area contributed by atoms with Crippen LogP contribution in [0.2, 0.25) is 0 Å². The van der Waals surface area contributed by atoms with E-state index in [0.29, 0.717) is 0 Å². The Hall–Kier alpha value is -0.0800. The van der Waals surface area contributed by atoms with Gasteiger partial charge in [0.25, 0.3) is 0 Å². The van der Waals surface area contributed by atoms with Crippen LogP contribution in [0.5, 0.6) is 0 Å². The van der Waals surface area contributed by atoms with E-state index in [2.05, 4.69) is 5.32 Å². The molecule has 0 unspecified atom stereocenters. The predicted octanol–water partition coefficient (Wildman–Crippen LogP) is -0.269. The maximum atomic E-state index is 8.58. The molecular formula is C5H11NO. The molecule has 0 amide bonds. The summed E-state index contributed by atoms with van der Waals surface area (Å²) in [6, 6.07) is 0. The molecule has 0 aromatic heterocycles. The molecule has 1 saturated heterocycles. The zero-order chi connectivity index (χ0) is 5.33. The van der Waals surface area contributed by atoms with Crippen LogP contribution in [0.15, 0.2) is 0 Å². The SMILES string of the molecule is C[C@@]1(CO)CCN1. The Balaban J connectivity index is 2.29. The van der Waals surface area contributed by atoms with Crippen molar-refractivity contribution in [2.75, 3.05) is 13.2 Å². The van der Waals surface area contributed by atoms with E-state index >= 15 is 0 Å². The van der Waals surface area contributed by atoms with Crippen molar-refractivity contribution >= 4 is 0 Å². The number of hydrogen-bond donors (Lipinski definition) is 2. The predicted molar refractivity (Wildman–Crippen MR) is 28.1 cm³/mol. The smallest absolute Gasteiger partial charge is 0.0611 e. The minimum absolute atomic E-state index is 0.0694. The highest BCUT2D eigenvalue weighted by Crippen LogP contribution is 2.15. The van der Waals surface area contributed by atoms with Crippen molar-refractivity contribution in [1.29, 1.82) is 0 Å². The number of aliphatic hydroxyl groups is 1. The quantitative estimate of drug-likeness (QED) is 0.476. The van der Waals surface area contributed by atoms with E-state index in [1.165, 1.54) is 0 Å². The van der Waals surface area contributed by atoms with Gasteiger partial charge in [-0.1, -0.05) is 0 Å². The lowest BCUT2D eigenvalue weighted by atomic mass is 9.92. The van der Waals surface area contributed by atoms with Crippen LogP contribution in [0.25, 0.3) is 0 Å². The molecule has 0 spiro atoms. The Labute approximate surface area is 43.5 Å². The molecular weight excluding hydrogens is 90.1 g/mol. The zero-order valence-corrected chi connectivity index (χ0v) is 4.57. The zero-order valence-electron chi connectivity index (χ0n) is 4.57. The van der Waals surface area contributed by atoms with Crippen molar-refractivity contribution in [3.8, 4) is 0 Å². The average Bonchev–Trinajstić information content (AvgIpc) is 1.61. The third kappa shape index (κ3) is 0.763. The summed E-state index contributed by atoms with van der Waals surface area (Å²) >= 11 is 0. The van der Waals surface area contributed by atoms with Crippen LogP contribution >= 0.6 is 0 Å². The summed E-state index contributed by atoms with van der Waals surface area (Å²) in [6.07, 6.45) is 1.11. The summed E-state index contributed by atoms with van der Waals surface area (Å²) in [5.41, 5.74) is 0.0694. The summed E-state index contributed by atoms with van der Waals surface area (Å²) in [5, 5.41) is 11.7. The van der Waals surface area contributed by atoms with Crippen molar-refractivity contribution in [1.82, 2.24) is 5.32 Å². The Bertz CT molecular complexity index is 63.0. The molecule has 1 heterocycles. The third-order valence-electron chi connectivity index (χ3n) is 1.58. The Morgan fingerprint density at radius 3 is 2.43 bits per heavy atom. The van der Waals surface area contributed by atoms with E-state index < -0.39 is 0 Å². The summed E-state index contributed by atoms with van der Waals surface area (Å²) in [7, 11) is 0. The average molecular weight is 101 g/mol. The fourth-order valence-electron chi connectivity index (χ4n) is 0.687. The van der Waals surface area contributed by atoms with E-state index in [9.17, 15) is 0 Å². The van der Waals surface area contributed by atoms with Gasteiger partial charge < -0.3 is 10.4 Å². The standard InChI is InChI=1S/C5H11NO/c1-5(4-7)2-3-6-5/h6-7H,2-4H2,1H3/t5-/m0/s1. The Kier molecular flexibility index (Phi) is 1.05. The largest absolute Gasteiger partial charge is 0.394 e. The lowest BCUT2D eigenvalue weighted by molar-refractivity contribution is 0.117. The first-order valence-electron chi connectivity index (χ1n) is 2.63. The van der Waals surface area contributed by atoms with E-state index in [1.54, 1.807) is 0 Å². The molecule has 7 heavy (non-hydrogen) atoms. The fourth-order valence-corrected chi connectivity index (χ4v) is 0.687. The third-order valence-corrected chi connectivity index (χ3v) is 1.58. The van der Waals surface area contributed by atoms with Gasteiger partial charge in [-0.3, -0.25) is 0 Å². The van der Waals surface area contributed by atoms with Gasteiger partial charge in [0, 0.05) is 5.54 Å². The van der Waals surface area contributed by atoms with Crippen LogP contribution in [-0.2, 0) is 0 Å². The second kappa shape index (κ2) is 1.46. The molecule has 1 fully saturated rings. The lowest BCUT2D eigenvalue weighted by Crippen LogP contribution is -2.57. The van der Waals surface area contributed by atoms with Gasteiger partial charge in [-0.2, -0.15) is 0 Å². The van der Waals surface area contributed by atoms with Gasteiger partial charge in [-0.05, 0) is 19.9 Å². The molecule has 2 nitrogen and oxygen atoms in total. The van der Waals surface area contributed by atoms with E-state index in [0.717, 1.165) is 13.0 Å². The van der Waals surface area contributed by atoms with Gasteiger partial charge in [-0.15, -0.1) is 0 Å². The van der Waals surface area contributed by atoms with Crippen molar-refractivity contribution in [2.24, 2.45) is 0 Å². The van der Waals surface area contributed by atoms with Crippen LogP contribution in [0.1, 0.15) is 13.3 Å². The highest BCUT2D eigenvalue weighted by Gasteiger charge is 2.29. The van der Waals surface area contributed by atoms with Crippen LogP contribution in [-0.4, -0.2) is 23.8 Å². The maximum absolute atomic E-state index is 8.58. The topological polar surface area (TPSA) is 32.3 Å². The summed E-state index contributed by atoms with van der Waals surface area (Å²) in [4.78, 5) is 0. The molecule has 0 aromatic rings. The van der Waals surface area contributed by atoms with Gasteiger partial charge in [0.05, 0.1) is 6.61 Å². The highest BCUT2D eigenvalue weighted by molar-refractivity contribution is 4.91. The molecule has 1 aliphatic heterocycles. The second-order valence-electron chi connectivity index (χ2n) is 2.40. The van der Waals surface area contributed by atoms with Crippen molar-refractivity contribution in [2.45, 2.75) is 18.9 Å². The number of aliphatic hydroxyl groups excluding tert-OH is 1. The lowest BCUT2D eigenvalue weighted by Gasteiger charge is -2.38. The molecule has 2 heteroatoms. The summed E-state index contributed by atoms with van der Waals surface area (Å²) in [6.45, 7) is 3.36. The first-order chi connectivity index (χ1) is 3.27. The Morgan fingerprint density at radius 1 is 1.86 bits per heavy atom. The molecule has 0 aliphatic carbocycles. The van der Waals surface area contributed by atoms with E-state index in [4.69, 9.17) is 5.11 Å². The van der Waals surface area contributed by atoms with Gasteiger partial charge in [0.2, 0.25) is 0 Å².